The van der Waals surface area contributed by atoms with Gasteiger partial charge in [-0.05, 0) is 17.2 Å². The van der Waals surface area contributed by atoms with Crippen LogP contribution in [-0.2, 0) is 19.7 Å². The average molecular weight is 225 g/mol. The van der Waals surface area contributed by atoms with Crippen molar-refractivity contribution in [3.8, 4) is 0 Å². The highest BCUT2D eigenvalue weighted by Crippen LogP contribution is 2.30. The van der Waals surface area contributed by atoms with Crippen LogP contribution in [0.4, 0.5) is 5.69 Å². The summed E-state index contributed by atoms with van der Waals surface area (Å²) in [5, 5.41) is 9.37. The molecule has 1 N–H and O–H groups in total. The molecule has 0 saturated heterocycles. The van der Waals surface area contributed by atoms with Gasteiger partial charge >= 0.3 is 0 Å². The van der Waals surface area contributed by atoms with Crippen molar-refractivity contribution in [1.29, 1.82) is 0 Å². The predicted molar refractivity (Wildman–Crippen MR) is 68.7 cm³/mol. The fourth-order valence-corrected chi connectivity index (χ4v) is 2.46. The largest absolute Gasteiger partial charge is 0.392 e. The van der Waals surface area contributed by atoms with E-state index in [0.717, 1.165) is 24.3 Å². The first kappa shape index (κ1) is 10.4. The number of aliphatic hydroxyl groups excluding tert-OH is 1. The SMILES string of the molecule is OCc1ccccc1N1Cc2ccccc2C1. The Morgan fingerprint density at radius 3 is 2.12 bits per heavy atom. The van der Waals surface area contributed by atoms with Gasteiger partial charge in [-0.25, -0.2) is 0 Å². The first-order valence-corrected chi connectivity index (χ1v) is 5.89. The Morgan fingerprint density at radius 1 is 0.882 bits per heavy atom. The number of aliphatic hydroxyl groups is 1. The van der Waals surface area contributed by atoms with Gasteiger partial charge in [-0.2, -0.15) is 0 Å². The maximum absolute atomic E-state index is 9.37. The van der Waals surface area contributed by atoms with Gasteiger partial charge in [0, 0.05) is 24.3 Å². The van der Waals surface area contributed by atoms with Crippen LogP contribution < -0.4 is 4.90 Å². The number of hydrogen-bond acceptors (Lipinski definition) is 2. The van der Waals surface area contributed by atoms with Crippen molar-refractivity contribution in [3.05, 3.63) is 65.2 Å². The maximum atomic E-state index is 9.37. The Bertz CT molecular complexity index is 511. The monoisotopic (exact) mass is 225 g/mol. The number of anilines is 1. The molecule has 1 aliphatic rings. The maximum Gasteiger partial charge on any atom is 0.0702 e. The van der Waals surface area contributed by atoms with Gasteiger partial charge in [0.25, 0.3) is 0 Å². The second-order valence-electron chi connectivity index (χ2n) is 4.41. The number of nitrogens with zero attached hydrogens (tertiary/aromatic N) is 1. The van der Waals surface area contributed by atoms with E-state index in [1.54, 1.807) is 0 Å². The van der Waals surface area contributed by atoms with Crippen molar-refractivity contribution in [3.63, 3.8) is 0 Å². The third-order valence-corrected chi connectivity index (χ3v) is 3.34. The first-order valence-electron chi connectivity index (χ1n) is 5.89. The summed E-state index contributed by atoms with van der Waals surface area (Å²) in [6.07, 6.45) is 0. The fourth-order valence-electron chi connectivity index (χ4n) is 2.46. The molecule has 0 radical (unpaired) electrons. The fraction of sp³-hybridized carbons (Fsp3) is 0.200. The summed E-state index contributed by atoms with van der Waals surface area (Å²) >= 11 is 0. The van der Waals surface area contributed by atoms with Crippen molar-refractivity contribution in [1.82, 2.24) is 0 Å². The van der Waals surface area contributed by atoms with Crippen molar-refractivity contribution in [2.24, 2.45) is 0 Å². The van der Waals surface area contributed by atoms with Gasteiger partial charge in [0.2, 0.25) is 0 Å². The molecule has 17 heavy (non-hydrogen) atoms. The zero-order chi connectivity index (χ0) is 11.7. The Kier molecular flexibility index (Phi) is 2.57. The molecule has 3 rings (SSSR count). The quantitative estimate of drug-likeness (QED) is 0.849. The van der Waals surface area contributed by atoms with Crippen LogP contribution in [0.3, 0.4) is 0 Å². The Balaban J connectivity index is 1.94. The summed E-state index contributed by atoms with van der Waals surface area (Å²) in [5.74, 6) is 0. The van der Waals surface area contributed by atoms with E-state index in [9.17, 15) is 5.11 Å². The van der Waals surface area contributed by atoms with Gasteiger partial charge in [-0.3, -0.25) is 0 Å². The lowest BCUT2D eigenvalue weighted by Gasteiger charge is -2.20. The first-order chi connectivity index (χ1) is 8.38. The Morgan fingerprint density at radius 2 is 1.47 bits per heavy atom. The average Bonchev–Trinajstić information content (AvgIpc) is 2.82. The van der Waals surface area contributed by atoms with Crippen LogP contribution in [-0.4, -0.2) is 5.11 Å². The van der Waals surface area contributed by atoms with Gasteiger partial charge in [-0.1, -0.05) is 42.5 Å². The molecule has 0 aliphatic carbocycles. The molecule has 1 heterocycles. The van der Waals surface area contributed by atoms with E-state index in [4.69, 9.17) is 0 Å². The number of rotatable bonds is 2. The molecule has 86 valence electrons. The molecule has 2 aromatic carbocycles. The molecular weight excluding hydrogens is 210 g/mol. The third kappa shape index (κ3) is 1.81. The Labute approximate surface area is 101 Å². The lowest BCUT2D eigenvalue weighted by atomic mass is 10.1. The third-order valence-electron chi connectivity index (χ3n) is 3.34. The van der Waals surface area contributed by atoms with Crippen LogP contribution in [0.2, 0.25) is 0 Å². The molecule has 0 fully saturated rings. The number of hydrogen-bond donors (Lipinski definition) is 1. The van der Waals surface area contributed by atoms with Gasteiger partial charge in [-0.15, -0.1) is 0 Å². The number of para-hydroxylation sites is 1. The van der Waals surface area contributed by atoms with E-state index in [-0.39, 0.29) is 6.61 Å². The molecule has 0 amide bonds. The van der Waals surface area contributed by atoms with Crippen LogP contribution >= 0.6 is 0 Å². The molecule has 2 nitrogen and oxygen atoms in total. The summed E-state index contributed by atoms with van der Waals surface area (Å²) in [6.45, 7) is 1.98. The zero-order valence-electron chi connectivity index (χ0n) is 9.63. The minimum absolute atomic E-state index is 0.100. The summed E-state index contributed by atoms with van der Waals surface area (Å²) in [4.78, 5) is 2.32. The smallest absolute Gasteiger partial charge is 0.0702 e. The van der Waals surface area contributed by atoms with E-state index < -0.39 is 0 Å². The molecule has 2 heteroatoms. The minimum Gasteiger partial charge on any atom is -0.392 e. The molecule has 0 atom stereocenters. The standard InChI is InChI=1S/C15H15NO/c17-11-14-7-3-4-8-15(14)16-9-12-5-1-2-6-13(12)10-16/h1-8,17H,9-11H2. The summed E-state index contributed by atoms with van der Waals surface area (Å²) in [7, 11) is 0. The number of benzene rings is 2. The summed E-state index contributed by atoms with van der Waals surface area (Å²) in [6, 6.07) is 16.6. The van der Waals surface area contributed by atoms with Crippen LogP contribution in [0.25, 0.3) is 0 Å². The van der Waals surface area contributed by atoms with Crippen LogP contribution in [0, 0.1) is 0 Å². The lowest BCUT2D eigenvalue weighted by Crippen LogP contribution is -2.16. The van der Waals surface area contributed by atoms with E-state index in [1.807, 2.05) is 18.2 Å². The van der Waals surface area contributed by atoms with Crippen molar-refractivity contribution < 1.29 is 5.11 Å². The molecule has 1 aliphatic heterocycles. The summed E-state index contributed by atoms with van der Waals surface area (Å²) in [5.41, 5.74) is 4.92. The van der Waals surface area contributed by atoms with Crippen LogP contribution in [0.15, 0.2) is 48.5 Å². The molecule has 0 unspecified atom stereocenters. The molecule has 2 aromatic rings. The molecular formula is C15H15NO. The molecule has 0 saturated carbocycles. The second kappa shape index (κ2) is 4.22. The van der Waals surface area contributed by atoms with Crippen LogP contribution in [0.1, 0.15) is 16.7 Å². The van der Waals surface area contributed by atoms with E-state index >= 15 is 0 Å². The Hall–Kier alpha value is -1.80. The number of fused-ring (bicyclic) bond motifs is 1. The van der Waals surface area contributed by atoms with Crippen molar-refractivity contribution >= 4 is 5.69 Å². The molecule has 0 spiro atoms. The van der Waals surface area contributed by atoms with Gasteiger partial charge < -0.3 is 10.0 Å². The normalized spacial score (nSPS) is 13.8. The lowest BCUT2D eigenvalue weighted by molar-refractivity contribution is 0.282. The van der Waals surface area contributed by atoms with E-state index in [2.05, 4.69) is 35.2 Å². The van der Waals surface area contributed by atoms with Crippen molar-refractivity contribution in [2.45, 2.75) is 19.7 Å². The van der Waals surface area contributed by atoms with E-state index in [1.165, 1.54) is 11.1 Å². The molecule has 0 aromatic heterocycles. The molecule has 0 bridgehead atoms. The summed E-state index contributed by atoms with van der Waals surface area (Å²) < 4.78 is 0. The topological polar surface area (TPSA) is 23.5 Å². The van der Waals surface area contributed by atoms with Gasteiger partial charge in [0.05, 0.1) is 6.61 Å². The van der Waals surface area contributed by atoms with Crippen molar-refractivity contribution in [2.75, 3.05) is 4.90 Å². The zero-order valence-corrected chi connectivity index (χ0v) is 9.63. The second-order valence-corrected chi connectivity index (χ2v) is 4.41. The highest BCUT2D eigenvalue weighted by atomic mass is 16.3. The van der Waals surface area contributed by atoms with Gasteiger partial charge in [0.1, 0.15) is 0 Å². The van der Waals surface area contributed by atoms with Crippen LogP contribution in [0.5, 0.6) is 0 Å². The highest BCUT2D eigenvalue weighted by molar-refractivity contribution is 5.56. The van der Waals surface area contributed by atoms with Gasteiger partial charge in [0.15, 0.2) is 0 Å². The minimum atomic E-state index is 0.100. The highest BCUT2D eigenvalue weighted by Gasteiger charge is 2.19. The predicted octanol–water partition coefficient (Wildman–Crippen LogP) is 2.70. The van der Waals surface area contributed by atoms with E-state index in [0.29, 0.717) is 0 Å².